The topological polar surface area (TPSA) is 46.3 Å². The zero-order valence-electron chi connectivity index (χ0n) is 8.89. The van der Waals surface area contributed by atoms with Gasteiger partial charge in [0.2, 0.25) is 5.91 Å². The molecule has 1 aromatic rings. The molecule has 0 aromatic heterocycles. The molecular weight excluding hydrogens is 188 g/mol. The van der Waals surface area contributed by atoms with Gasteiger partial charge in [0.1, 0.15) is 0 Å². The molecule has 1 saturated heterocycles. The van der Waals surface area contributed by atoms with Crippen molar-refractivity contribution in [1.82, 2.24) is 4.90 Å². The number of nitrogens with zero attached hydrogens (tertiary/aromatic N) is 1. The van der Waals surface area contributed by atoms with Gasteiger partial charge in [0.05, 0.1) is 6.04 Å². The van der Waals surface area contributed by atoms with Gasteiger partial charge in [0.25, 0.3) is 0 Å². The van der Waals surface area contributed by atoms with Crippen molar-refractivity contribution in [3.63, 3.8) is 0 Å². The minimum Gasteiger partial charge on any atom is -0.337 e. The lowest BCUT2D eigenvalue weighted by atomic mass is 10.1. The molecule has 15 heavy (non-hydrogen) atoms. The zero-order chi connectivity index (χ0) is 10.8. The average Bonchev–Trinajstić information content (AvgIpc) is 2.48. The third-order valence-electron chi connectivity index (χ3n) is 2.93. The molecule has 3 heteroatoms. The molecule has 0 spiro atoms. The Hall–Kier alpha value is -1.35. The molecule has 0 unspecified atom stereocenters. The van der Waals surface area contributed by atoms with Crippen LogP contribution in [-0.2, 0) is 11.3 Å². The quantitative estimate of drug-likeness (QED) is 0.781. The van der Waals surface area contributed by atoms with Crippen molar-refractivity contribution < 1.29 is 4.79 Å². The molecule has 0 bridgehead atoms. The Bertz CT molecular complexity index is 350. The van der Waals surface area contributed by atoms with Crippen LogP contribution in [0.3, 0.4) is 0 Å². The van der Waals surface area contributed by atoms with Crippen molar-refractivity contribution in [2.45, 2.75) is 19.5 Å². The van der Waals surface area contributed by atoms with Crippen LogP contribution in [0.4, 0.5) is 0 Å². The van der Waals surface area contributed by atoms with Crippen LogP contribution in [0.5, 0.6) is 0 Å². The third kappa shape index (κ3) is 2.02. The molecular formula is C12H16N2O. The monoisotopic (exact) mass is 204 g/mol. The first kappa shape index (κ1) is 10.2. The van der Waals surface area contributed by atoms with E-state index in [0.717, 1.165) is 12.1 Å². The summed E-state index contributed by atoms with van der Waals surface area (Å²) in [7, 11) is 0. The molecule has 0 radical (unpaired) electrons. The molecule has 1 aliphatic rings. The van der Waals surface area contributed by atoms with Gasteiger partial charge in [-0.25, -0.2) is 0 Å². The lowest BCUT2D eigenvalue weighted by molar-refractivity contribution is -0.129. The van der Waals surface area contributed by atoms with Crippen LogP contribution in [0.1, 0.15) is 12.5 Å². The average molecular weight is 204 g/mol. The Balaban J connectivity index is 2.05. The Labute approximate surface area is 89.9 Å². The number of likely N-dealkylation sites (tertiary alicyclic amines) is 1. The van der Waals surface area contributed by atoms with E-state index in [1.807, 2.05) is 42.2 Å². The number of nitrogens with two attached hydrogens (primary N) is 1. The largest absolute Gasteiger partial charge is 0.337 e. The first-order valence-corrected chi connectivity index (χ1v) is 5.27. The van der Waals surface area contributed by atoms with E-state index in [0.29, 0.717) is 6.54 Å². The van der Waals surface area contributed by atoms with Crippen molar-refractivity contribution in [2.24, 2.45) is 11.7 Å². The summed E-state index contributed by atoms with van der Waals surface area (Å²) < 4.78 is 0. The maximum absolute atomic E-state index is 11.7. The highest BCUT2D eigenvalue weighted by atomic mass is 16.2. The Kier molecular flexibility index (Phi) is 2.73. The molecule has 80 valence electrons. The van der Waals surface area contributed by atoms with Crippen LogP contribution in [0.15, 0.2) is 30.3 Å². The minimum absolute atomic E-state index is 0.0753. The van der Waals surface area contributed by atoms with Gasteiger partial charge in [-0.15, -0.1) is 0 Å². The second-order valence-corrected chi connectivity index (χ2v) is 4.21. The molecule has 0 aliphatic carbocycles. The van der Waals surface area contributed by atoms with E-state index in [4.69, 9.17) is 5.73 Å². The number of amides is 1. The van der Waals surface area contributed by atoms with Crippen LogP contribution in [0, 0.1) is 5.92 Å². The van der Waals surface area contributed by atoms with Crippen molar-refractivity contribution in [3.05, 3.63) is 35.9 Å². The van der Waals surface area contributed by atoms with Gasteiger partial charge in [-0.2, -0.15) is 0 Å². The van der Waals surface area contributed by atoms with E-state index in [2.05, 4.69) is 0 Å². The van der Waals surface area contributed by atoms with Gasteiger partial charge in [-0.3, -0.25) is 4.79 Å². The molecule has 2 rings (SSSR count). The summed E-state index contributed by atoms with van der Waals surface area (Å²) in [5.41, 5.74) is 6.93. The number of carbonyl (C=O) groups is 1. The summed E-state index contributed by atoms with van der Waals surface area (Å²) in [5.74, 6) is 0.340. The summed E-state index contributed by atoms with van der Waals surface area (Å²) in [6.45, 7) is 3.47. The molecule has 2 atom stereocenters. The van der Waals surface area contributed by atoms with Crippen molar-refractivity contribution in [1.29, 1.82) is 0 Å². The summed E-state index contributed by atoms with van der Waals surface area (Å²) in [5, 5.41) is 0. The fraction of sp³-hybridized carbons (Fsp3) is 0.417. The minimum atomic E-state index is -0.311. The summed E-state index contributed by atoms with van der Waals surface area (Å²) in [6.07, 6.45) is 0. The predicted octanol–water partition coefficient (Wildman–Crippen LogP) is 0.992. The first-order valence-electron chi connectivity index (χ1n) is 5.27. The highest BCUT2D eigenvalue weighted by Gasteiger charge is 2.34. The fourth-order valence-electron chi connectivity index (χ4n) is 1.95. The van der Waals surface area contributed by atoms with Crippen LogP contribution < -0.4 is 5.73 Å². The predicted molar refractivity (Wildman–Crippen MR) is 59.0 cm³/mol. The summed E-state index contributed by atoms with van der Waals surface area (Å²) in [6, 6.07) is 9.69. The van der Waals surface area contributed by atoms with Crippen molar-refractivity contribution >= 4 is 5.91 Å². The smallest absolute Gasteiger partial charge is 0.240 e. The molecule has 1 heterocycles. The number of rotatable bonds is 2. The van der Waals surface area contributed by atoms with Gasteiger partial charge in [-0.05, 0) is 11.5 Å². The molecule has 1 aliphatic heterocycles. The standard InChI is InChI=1S/C12H16N2O/c1-9-7-14(12(15)11(9)13)8-10-5-3-2-4-6-10/h2-6,9,11H,7-8,13H2,1H3/t9-,11+/m1/s1. The zero-order valence-corrected chi connectivity index (χ0v) is 8.89. The van der Waals surface area contributed by atoms with Gasteiger partial charge in [0, 0.05) is 13.1 Å². The number of carbonyl (C=O) groups excluding carboxylic acids is 1. The Morgan fingerprint density at radius 1 is 1.40 bits per heavy atom. The van der Waals surface area contributed by atoms with E-state index in [9.17, 15) is 4.79 Å². The van der Waals surface area contributed by atoms with Gasteiger partial charge in [-0.1, -0.05) is 37.3 Å². The molecule has 2 N–H and O–H groups in total. The lowest BCUT2D eigenvalue weighted by Gasteiger charge is -2.15. The van der Waals surface area contributed by atoms with Crippen LogP contribution >= 0.6 is 0 Å². The number of hydrogen-bond acceptors (Lipinski definition) is 2. The van der Waals surface area contributed by atoms with E-state index >= 15 is 0 Å². The van der Waals surface area contributed by atoms with Gasteiger partial charge >= 0.3 is 0 Å². The van der Waals surface area contributed by atoms with Gasteiger partial charge in [0.15, 0.2) is 0 Å². The van der Waals surface area contributed by atoms with E-state index in [1.54, 1.807) is 0 Å². The van der Waals surface area contributed by atoms with Crippen molar-refractivity contribution in [2.75, 3.05) is 6.54 Å². The molecule has 0 saturated carbocycles. The van der Waals surface area contributed by atoms with Gasteiger partial charge < -0.3 is 10.6 Å². The number of hydrogen-bond donors (Lipinski definition) is 1. The van der Waals surface area contributed by atoms with Crippen molar-refractivity contribution in [3.8, 4) is 0 Å². The van der Waals surface area contributed by atoms with E-state index < -0.39 is 0 Å². The highest BCUT2D eigenvalue weighted by molar-refractivity contribution is 5.84. The summed E-state index contributed by atoms with van der Waals surface area (Å²) in [4.78, 5) is 13.6. The Morgan fingerprint density at radius 3 is 2.60 bits per heavy atom. The molecule has 1 amide bonds. The molecule has 3 nitrogen and oxygen atoms in total. The summed E-state index contributed by atoms with van der Waals surface area (Å²) >= 11 is 0. The number of benzene rings is 1. The van der Waals surface area contributed by atoms with E-state index in [-0.39, 0.29) is 17.9 Å². The van der Waals surface area contributed by atoms with Crippen LogP contribution in [0.2, 0.25) is 0 Å². The molecule has 1 fully saturated rings. The highest BCUT2D eigenvalue weighted by Crippen LogP contribution is 2.18. The SMILES string of the molecule is C[C@@H]1CN(Cc2ccccc2)C(=O)[C@H]1N. The third-order valence-corrected chi connectivity index (χ3v) is 2.93. The lowest BCUT2D eigenvalue weighted by Crippen LogP contribution is -2.35. The maximum Gasteiger partial charge on any atom is 0.240 e. The normalized spacial score (nSPS) is 26.0. The first-order chi connectivity index (χ1) is 7.18. The second-order valence-electron chi connectivity index (χ2n) is 4.21. The van der Waals surface area contributed by atoms with Crippen LogP contribution in [0.25, 0.3) is 0 Å². The Morgan fingerprint density at radius 2 is 2.07 bits per heavy atom. The molecule has 1 aromatic carbocycles. The maximum atomic E-state index is 11.7. The fourth-order valence-corrected chi connectivity index (χ4v) is 1.95. The second kappa shape index (κ2) is 4.03. The van der Waals surface area contributed by atoms with E-state index in [1.165, 1.54) is 0 Å². The van der Waals surface area contributed by atoms with Crippen LogP contribution in [-0.4, -0.2) is 23.4 Å².